The zero-order chi connectivity index (χ0) is 28.1. The van der Waals surface area contributed by atoms with Gasteiger partial charge in [0.05, 0.1) is 12.5 Å². The Morgan fingerprint density at radius 1 is 1.05 bits per heavy atom. The number of nitrogens with zero attached hydrogens (tertiary/aromatic N) is 1. The first-order chi connectivity index (χ1) is 18.2. The fourth-order valence-corrected chi connectivity index (χ4v) is 5.08. The number of likely N-dealkylation sites (N-methyl/N-ethyl adjacent to an activating group) is 1. The second kappa shape index (κ2) is 17.1. The monoisotopic (exact) mass is 570 g/mol. The minimum absolute atomic E-state index is 0. The van der Waals surface area contributed by atoms with Crippen LogP contribution in [0, 0.1) is 0 Å². The maximum Gasteiger partial charge on any atom is 0.367 e. The van der Waals surface area contributed by atoms with Crippen molar-refractivity contribution >= 4 is 36.3 Å². The molecule has 1 aliphatic rings. The van der Waals surface area contributed by atoms with E-state index in [2.05, 4.69) is 0 Å². The van der Waals surface area contributed by atoms with E-state index in [1.165, 1.54) is 5.06 Å². The van der Waals surface area contributed by atoms with Gasteiger partial charge >= 0.3 is 23.9 Å². The molecule has 0 amide bonds. The number of fused-ring (bicyclic) bond motifs is 1. The third-order valence-corrected chi connectivity index (χ3v) is 7.08. The molecule has 0 spiro atoms. The molecule has 10 nitrogen and oxygen atoms in total. The van der Waals surface area contributed by atoms with Crippen LogP contribution in [0.4, 0.5) is 0 Å². The summed E-state index contributed by atoms with van der Waals surface area (Å²) in [5, 5.41) is 10.4. The standard InChI is InChI=1S/C28H42N2O8.ClH/c1-4-6-8-17-25(33)37-38-27(35)28(18-7-5-2)21-14-10-9-13-20(21)19-22(29)26(34)36-30(3)23(28)15-11-12-16-24(31)32;/h9-10,13-14,22-23H,4-8,11-12,15-19,29H2,1-3H3,(H,31,32);1H. The predicted molar refractivity (Wildman–Crippen MR) is 147 cm³/mol. The van der Waals surface area contributed by atoms with Gasteiger partial charge in [-0.25, -0.2) is 24.2 Å². The van der Waals surface area contributed by atoms with Gasteiger partial charge in [-0.05, 0) is 43.2 Å². The minimum Gasteiger partial charge on any atom is -0.481 e. The molecule has 0 aromatic heterocycles. The van der Waals surface area contributed by atoms with E-state index in [0.717, 1.165) is 19.3 Å². The molecule has 3 unspecified atom stereocenters. The van der Waals surface area contributed by atoms with Crippen LogP contribution < -0.4 is 5.73 Å². The molecular weight excluding hydrogens is 528 g/mol. The van der Waals surface area contributed by atoms with Crippen molar-refractivity contribution in [2.75, 3.05) is 7.05 Å². The number of carbonyl (C=O) groups is 4. The molecule has 0 saturated heterocycles. The van der Waals surface area contributed by atoms with Crippen molar-refractivity contribution in [3.8, 4) is 0 Å². The molecule has 2 rings (SSSR count). The van der Waals surface area contributed by atoms with E-state index in [4.69, 9.17) is 25.5 Å². The number of hydrogen-bond donors (Lipinski definition) is 2. The quantitative estimate of drug-likeness (QED) is 0.199. The van der Waals surface area contributed by atoms with Gasteiger partial charge in [-0.15, -0.1) is 17.5 Å². The highest BCUT2D eigenvalue weighted by Crippen LogP contribution is 2.42. The Bertz CT molecular complexity index is 959. The molecule has 1 heterocycles. The summed E-state index contributed by atoms with van der Waals surface area (Å²) in [5.41, 5.74) is 6.12. The number of carboxylic acid groups (broad SMARTS) is 1. The van der Waals surface area contributed by atoms with Gasteiger partial charge in [0.15, 0.2) is 0 Å². The van der Waals surface area contributed by atoms with Gasteiger partial charge in [-0.1, -0.05) is 70.2 Å². The second-order valence-electron chi connectivity index (χ2n) is 9.94. The molecule has 1 aromatic rings. The molecule has 1 aromatic carbocycles. The van der Waals surface area contributed by atoms with Crippen molar-refractivity contribution < 1.29 is 38.9 Å². The van der Waals surface area contributed by atoms with Gasteiger partial charge in [0, 0.05) is 13.5 Å². The average molecular weight is 571 g/mol. The van der Waals surface area contributed by atoms with Gasteiger partial charge in [0.25, 0.3) is 0 Å². The van der Waals surface area contributed by atoms with Crippen molar-refractivity contribution in [2.24, 2.45) is 5.73 Å². The van der Waals surface area contributed by atoms with Gasteiger partial charge < -0.3 is 15.7 Å². The highest BCUT2D eigenvalue weighted by atomic mass is 35.5. The lowest BCUT2D eigenvalue weighted by Gasteiger charge is -2.42. The normalized spacial score (nSPS) is 21.3. The summed E-state index contributed by atoms with van der Waals surface area (Å²) in [6, 6.07) is 5.56. The number of nitrogens with two attached hydrogens (primary N) is 1. The average Bonchev–Trinajstić information content (AvgIpc) is 2.91. The fourth-order valence-electron chi connectivity index (χ4n) is 5.08. The SMILES string of the molecule is CCCCCC(=O)OOC(=O)C1(CCCC)c2ccccc2CC(N)C(=O)ON(C)C1CCCCC(=O)O.Cl. The van der Waals surface area contributed by atoms with E-state index in [0.29, 0.717) is 49.7 Å². The maximum absolute atomic E-state index is 14.1. The Labute approximate surface area is 236 Å². The molecule has 3 atom stereocenters. The molecule has 1 aliphatic heterocycles. The lowest BCUT2D eigenvalue weighted by molar-refractivity contribution is -0.268. The minimum atomic E-state index is -1.38. The van der Waals surface area contributed by atoms with E-state index in [-0.39, 0.29) is 31.7 Å². The van der Waals surface area contributed by atoms with Crippen LogP contribution in [0.1, 0.15) is 95.6 Å². The molecule has 0 fully saturated rings. The lowest BCUT2D eigenvalue weighted by atomic mass is 9.67. The summed E-state index contributed by atoms with van der Waals surface area (Å²) in [5.74, 6) is -2.94. The van der Waals surface area contributed by atoms with Gasteiger partial charge in [0.2, 0.25) is 0 Å². The van der Waals surface area contributed by atoms with Crippen LogP contribution in [0.15, 0.2) is 24.3 Å². The number of hydroxylamine groups is 2. The summed E-state index contributed by atoms with van der Waals surface area (Å²) < 4.78 is 0. The van der Waals surface area contributed by atoms with E-state index >= 15 is 0 Å². The van der Waals surface area contributed by atoms with Gasteiger partial charge in [-0.2, -0.15) is 0 Å². The summed E-state index contributed by atoms with van der Waals surface area (Å²) in [6.45, 7) is 4.01. The Kier molecular flexibility index (Phi) is 15.1. The van der Waals surface area contributed by atoms with E-state index in [9.17, 15) is 19.2 Å². The van der Waals surface area contributed by atoms with E-state index in [1.54, 1.807) is 13.1 Å². The molecule has 0 bridgehead atoms. The smallest absolute Gasteiger partial charge is 0.367 e. The number of halogens is 1. The number of carboxylic acids is 1. The van der Waals surface area contributed by atoms with Crippen LogP contribution >= 0.6 is 12.4 Å². The van der Waals surface area contributed by atoms with Crippen molar-refractivity contribution in [1.29, 1.82) is 0 Å². The molecule has 11 heteroatoms. The molecule has 39 heavy (non-hydrogen) atoms. The predicted octanol–water partition coefficient (Wildman–Crippen LogP) is 4.41. The maximum atomic E-state index is 14.1. The molecule has 0 radical (unpaired) electrons. The zero-order valence-electron chi connectivity index (χ0n) is 23.2. The number of benzene rings is 1. The van der Waals surface area contributed by atoms with Crippen molar-refractivity contribution in [1.82, 2.24) is 5.06 Å². The Morgan fingerprint density at radius 3 is 2.38 bits per heavy atom. The highest BCUT2D eigenvalue weighted by molar-refractivity contribution is 5.86. The summed E-state index contributed by atoms with van der Waals surface area (Å²) in [7, 11) is 1.56. The van der Waals surface area contributed by atoms with Crippen LogP contribution in [0.3, 0.4) is 0 Å². The molecule has 0 saturated carbocycles. The van der Waals surface area contributed by atoms with Crippen LogP contribution in [-0.4, -0.2) is 53.2 Å². The molecule has 3 N–H and O–H groups in total. The molecule has 220 valence electrons. The zero-order valence-corrected chi connectivity index (χ0v) is 24.0. The third kappa shape index (κ3) is 9.47. The Morgan fingerprint density at radius 2 is 1.72 bits per heavy atom. The summed E-state index contributed by atoms with van der Waals surface area (Å²) in [6.07, 6.45) is 5.53. The van der Waals surface area contributed by atoms with E-state index < -0.39 is 41.4 Å². The molecule has 0 aliphatic carbocycles. The molecular formula is C28H43ClN2O8. The lowest BCUT2D eigenvalue weighted by Crippen LogP contribution is -2.55. The van der Waals surface area contributed by atoms with Crippen molar-refractivity contribution in [3.05, 3.63) is 35.4 Å². The first-order valence-corrected chi connectivity index (χ1v) is 13.6. The number of aliphatic carboxylic acids is 1. The largest absolute Gasteiger partial charge is 0.481 e. The first kappa shape index (κ1) is 34.3. The number of rotatable bonds is 13. The van der Waals surface area contributed by atoms with Gasteiger partial charge in [0.1, 0.15) is 11.5 Å². The van der Waals surface area contributed by atoms with Crippen LogP contribution in [-0.2, 0) is 45.6 Å². The fraction of sp³-hybridized carbons (Fsp3) is 0.643. The number of hydrogen-bond acceptors (Lipinski definition) is 9. The highest BCUT2D eigenvalue weighted by Gasteiger charge is 2.53. The van der Waals surface area contributed by atoms with Crippen LogP contribution in [0.2, 0.25) is 0 Å². The summed E-state index contributed by atoms with van der Waals surface area (Å²) in [4.78, 5) is 66.1. The first-order valence-electron chi connectivity index (χ1n) is 13.6. The Hall–Kier alpha value is -2.69. The second-order valence-corrected chi connectivity index (χ2v) is 9.94. The van der Waals surface area contributed by atoms with Crippen molar-refractivity contribution in [3.63, 3.8) is 0 Å². The van der Waals surface area contributed by atoms with E-state index in [1.807, 2.05) is 32.0 Å². The van der Waals surface area contributed by atoms with Gasteiger partial charge in [-0.3, -0.25) is 4.79 Å². The van der Waals surface area contributed by atoms with Crippen LogP contribution in [0.5, 0.6) is 0 Å². The number of unbranched alkanes of at least 4 members (excludes halogenated alkanes) is 4. The summed E-state index contributed by atoms with van der Waals surface area (Å²) >= 11 is 0. The Balaban J connectivity index is 0.00000760. The van der Waals surface area contributed by atoms with Crippen molar-refractivity contribution in [2.45, 2.75) is 108 Å². The van der Waals surface area contributed by atoms with Crippen LogP contribution in [0.25, 0.3) is 0 Å². The topological polar surface area (TPSA) is 145 Å². The third-order valence-electron chi connectivity index (χ3n) is 7.08. The number of carbonyl (C=O) groups excluding carboxylic acids is 3.